The Bertz CT molecular complexity index is 395. The summed E-state index contributed by atoms with van der Waals surface area (Å²) >= 11 is 0. The maximum Gasteiger partial charge on any atom is 0.323 e. The molecule has 1 atom stereocenters. The zero-order valence-corrected chi connectivity index (χ0v) is 10.1. The molecule has 6 N–H and O–H groups in total. The third kappa shape index (κ3) is 4.95. The van der Waals surface area contributed by atoms with Gasteiger partial charge in [0.1, 0.15) is 18.4 Å². The van der Waals surface area contributed by atoms with Gasteiger partial charge >= 0.3 is 5.97 Å². The first-order valence-corrected chi connectivity index (χ1v) is 5.39. The molecule has 0 saturated heterocycles. The number of aliphatic carboxylic acids is 1. The molecule has 1 heterocycles. The van der Waals surface area contributed by atoms with Crippen LogP contribution in [-0.2, 0) is 14.5 Å². The highest BCUT2D eigenvalue weighted by molar-refractivity contribution is 5.96. The van der Waals surface area contributed by atoms with Crippen molar-refractivity contribution in [2.24, 2.45) is 0 Å². The summed E-state index contributed by atoms with van der Waals surface area (Å²) in [6.45, 7) is 3.51. The molecule has 0 fully saturated rings. The Morgan fingerprint density at radius 2 is 2.42 bits per heavy atom. The maximum atomic E-state index is 11.0. The highest BCUT2D eigenvalue weighted by atomic mass is 17.1. The fraction of sp³-hybridized carbons (Fsp3) is 0.400. The number of carboxylic acid groups (broad SMARTS) is 1. The van der Waals surface area contributed by atoms with Gasteiger partial charge < -0.3 is 20.6 Å². The van der Waals surface area contributed by atoms with Crippen molar-refractivity contribution in [1.82, 2.24) is 16.1 Å². The first-order valence-electron chi connectivity index (χ1n) is 5.39. The van der Waals surface area contributed by atoms with Crippen molar-refractivity contribution in [2.75, 3.05) is 13.3 Å². The molecule has 0 aliphatic carbocycles. The molecule has 1 aliphatic heterocycles. The van der Waals surface area contributed by atoms with E-state index in [1.807, 2.05) is 0 Å². The fourth-order valence-corrected chi connectivity index (χ4v) is 1.27. The third-order valence-corrected chi connectivity index (χ3v) is 2.30. The van der Waals surface area contributed by atoms with Crippen LogP contribution in [-0.4, -0.2) is 41.4 Å². The average molecular weight is 272 g/mol. The molecule has 0 radical (unpaired) electrons. The molecule has 9 heteroatoms. The second-order valence-corrected chi connectivity index (χ2v) is 3.72. The molecule has 0 saturated carbocycles. The number of carboxylic acids is 1. The molecular formula is C10H16N4O5. The van der Waals surface area contributed by atoms with E-state index < -0.39 is 12.0 Å². The Morgan fingerprint density at radius 3 is 2.95 bits per heavy atom. The second-order valence-electron chi connectivity index (χ2n) is 3.72. The van der Waals surface area contributed by atoms with Gasteiger partial charge in [0, 0.05) is 18.3 Å². The van der Waals surface area contributed by atoms with Crippen molar-refractivity contribution in [3.8, 4) is 0 Å². The molecule has 106 valence electrons. The van der Waals surface area contributed by atoms with Gasteiger partial charge in [-0.15, -0.1) is 0 Å². The topological polar surface area (TPSA) is 136 Å². The van der Waals surface area contributed by atoms with E-state index in [1.165, 1.54) is 0 Å². The normalized spacial score (nSPS) is 14.9. The summed E-state index contributed by atoms with van der Waals surface area (Å²) in [5.74, 6) is -1.35. The predicted octanol–water partition coefficient (Wildman–Crippen LogP) is -0.634. The van der Waals surface area contributed by atoms with E-state index >= 15 is 0 Å². The molecule has 0 aromatic carbocycles. The minimum atomic E-state index is -1.08. The molecule has 1 unspecified atom stereocenters. The van der Waals surface area contributed by atoms with E-state index in [0.717, 1.165) is 5.70 Å². The first kappa shape index (κ1) is 15.0. The standard InChI is InChI=1S/C10H16N4O5/c1-6(19-17)8(11)4-18-14-9(10(15)16)2-7-3-12-5-13-7/h3,9,11-14,17H,1-2,4-5H2,(H,15,16). The van der Waals surface area contributed by atoms with Crippen LogP contribution in [0, 0.1) is 5.41 Å². The van der Waals surface area contributed by atoms with Crippen LogP contribution in [0.1, 0.15) is 6.42 Å². The van der Waals surface area contributed by atoms with Crippen molar-refractivity contribution < 1.29 is 24.9 Å². The summed E-state index contributed by atoms with van der Waals surface area (Å²) in [7, 11) is 0. The van der Waals surface area contributed by atoms with Crippen molar-refractivity contribution in [3.63, 3.8) is 0 Å². The average Bonchev–Trinajstić information content (AvgIpc) is 2.89. The molecule has 1 rings (SSSR count). The number of hydrogen-bond acceptors (Lipinski definition) is 8. The van der Waals surface area contributed by atoms with Crippen molar-refractivity contribution in [2.45, 2.75) is 12.5 Å². The minimum absolute atomic E-state index is 0.202. The van der Waals surface area contributed by atoms with Crippen LogP contribution in [0.3, 0.4) is 0 Å². The van der Waals surface area contributed by atoms with E-state index in [0.29, 0.717) is 6.67 Å². The van der Waals surface area contributed by atoms with Gasteiger partial charge in [-0.2, -0.15) is 5.48 Å². The van der Waals surface area contributed by atoms with Gasteiger partial charge in [-0.05, 0) is 0 Å². The van der Waals surface area contributed by atoms with Crippen LogP contribution in [0.4, 0.5) is 0 Å². The molecular weight excluding hydrogens is 256 g/mol. The smallest absolute Gasteiger partial charge is 0.323 e. The Hall–Kier alpha value is -2.10. The van der Waals surface area contributed by atoms with Gasteiger partial charge in [0.05, 0.1) is 6.67 Å². The van der Waals surface area contributed by atoms with E-state index in [4.69, 9.17) is 20.6 Å². The fourth-order valence-electron chi connectivity index (χ4n) is 1.27. The van der Waals surface area contributed by atoms with Crippen LogP contribution in [0.15, 0.2) is 24.2 Å². The monoisotopic (exact) mass is 272 g/mol. The Balaban J connectivity index is 2.35. The van der Waals surface area contributed by atoms with E-state index in [1.54, 1.807) is 6.20 Å². The third-order valence-electron chi connectivity index (χ3n) is 2.30. The number of nitrogens with one attached hydrogen (secondary N) is 4. The molecule has 9 nitrogen and oxygen atoms in total. The van der Waals surface area contributed by atoms with Gasteiger partial charge in [0.2, 0.25) is 0 Å². The van der Waals surface area contributed by atoms with Crippen LogP contribution in [0.5, 0.6) is 0 Å². The molecule has 19 heavy (non-hydrogen) atoms. The van der Waals surface area contributed by atoms with E-state index in [9.17, 15) is 4.79 Å². The van der Waals surface area contributed by atoms with E-state index in [2.05, 4.69) is 27.6 Å². The summed E-state index contributed by atoms with van der Waals surface area (Å²) in [6, 6.07) is -0.963. The number of hydroxylamine groups is 1. The Morgan fingerprint density at radius 1 is 1.68 bits per heavy atom. The minimum Gasteiger partial charge on any atom is -0.480 e. The predicted molar refractivity (Wildman–Crippen MR) is 64.9 cm³/mol. The summed E-state index contributed by atoms with van der Waals surface area (Å²) < 4.78 is 0. The zero-order chi connectivity index (χ0) is 14.3. The van der Waals surface area contributed by atoms with Gasteiger partial charge in [-0.3, -0.25) is 15.0 Å². The lowest BCUT2D eigenvalue weighted by Crippen LogP contribution is -2.39. The lowest BCUT2D eigenvalue weighted by atomic mass is 10.2. The van der Waals surface area contributed by atoms with Crippen molar-refractivity contribution in [3.05, 3.63) is 24.2 Å². The van der Waals surface area contributed by atoms with Crippen LogP contribution >= 0.6 is 0 Å². The summed E-state index contributed by atoms with van der Waals surface area (Å²) in [4.78, 5) is 19.6. The molecule has 0 amide bonds. The molecule has 0 aromatic heterocycles. The summed E-state index contributed by atoms with van der Waals surface area (Å²) in [6.07, 6.45) is 1.88. The SMILES string of the molecule is C=C(OO)C(=N)CONC(CC1=CNCN1)C(=O)O. The van der Waals surface area contributed by atoms with Crippen LogP contribution < -0.4 is 16.1 Å². The van der Waals surface area contributed by atoms with Gasteiger partial charge in [-0.25, -0.2) is 5.26 Å². The first-order chi connectivity index (χ1) is 9.04. The molecule has 0 bridgehead atoms. The van der Waals surface area contributed by atoms with Crippen LogP contribution in [0.2, 0.25) is 0 Å². The molecule has 0 spiro atoms. The number of rotatable bonds is 9. The highest BCUT2D eigenvalue weighted by Crippen LogP contribution is 2.05. The highest BCUT2D eigenvalue weighted by Gasteiger charge is 2.20. The lowest BCUT2D eigenvalue weighted by molar-refractivity contribution is -0.195. The van der Waals surface area contributed by atoms with Crippen molar-refractivity contribution >= 4 is 11.7 Å². The largest absolute Gasteiger partial charge is 0.480 e. The quantitative estimate of drug-likeness (QED) is 0.141. The zero-order valence-electron chi connectivity index (χ0n) is 10.1. The van der Waals surface area contributed by atoms with Gasteiger partial charge in [0.15, 0.2) is 5.76 Å². The van der Waals surface area contributed by atoms with Gasteiger partial charge in [0.25, 0.3) is 0 Å². The van der Waals surface area contributed by atoms with Crippen LogP contribution in [0.25, 0.3) is 0 Å². The second kappa shape index (κ2) is 7.36. The summed E-state index contributed by atoms with van der Waals surface area (Å²) in [5.41, 5.74) is 2.86. The molecule has 0 aromatic rings. The Labute approximate surface area is 109 Å². The summed E-state index contributed by atoms with van der Waals surface area (Å²) in [5, 5.41) is 30.4. The number of hydrogen-bond donors (Lipinski definition) is 6. The Kier molecular flexibility index (Phi) is 5.79. The maximum absolute atomic E-state index is 11.0. The van der Waals surface area contributed by atoms with E-state index in [-0.39, 0.29) is 24.5 Å². The van der Waals surface area contributed by atoms with Crippen molar-refractivity contribution in [1.29, 1.82) is 5.41 Å². The number of carbonyl (C=O) groups is 1. The molecule has 1 aliphatic rings. The lowest BCUT2D eigenvalue weighted by Gasteiger charge is -2.15. The van der Waals surface area contributed by atoms with Gasteiger partial charge in [-0.1, -0.05) is 6.58 Å².